The third kappa shape index (κ3) is 4.08. The van der Waals surface area contributed by atoms with E-state index in [2.05, 4.69) is 34.6 Å². The molecule has 2 N–H and O–H groups in total. The van der Waals surface area contributed by atoms with E-state index in [1.807, 2.05) is 6.07 Å². The van der Waals surface area contributed by atoms with Crippen molar-refractivity contribution in [2.75, 3.05) is 13.1 Å². The number of hydrogen-bond donors (Lipinski definition) is 2. The number of nitrogens with zero attached hydrogens (tertiary/aromatic N) is 2. The lowest BCUT2D eigenvalue weighted by Crippen LogP contribution is -2.52. The molecule has 32 heavy (non-hydrogen) atoms. The van der Waals surface area contributed by atoms with Gasteiger partial charge in [-0.05, 0) is 75.2 Å². The van der Waals surface area contributed by atoms with Crippen LogP contribution in [-0.4, -0.2) is 58.7 Å². The largest absolute Gasteiger partial charge is 0.322 e. The van der Waals surface area contributed by atoms with Crippen LogP contribution in [0.3, 0.4) is 0 Å². The molecular formula is C25H34N4O3. The SMILES string of the molecule is C[C@@H]1CCC[C@H](C2CCNCC2)N1Cc1ccc2c(c1)CN(C1CCC(=O)NC1=O)C2=O. The Balaban J connectivity index is 1.32. The lowest BCUT2D eigenvalue weighted by Gasteiger charge is -2.45. The summed E-state index contributed by atoms with van der Waals surface area (Å²) in [6.07, 6.45) is 7.04. The summed E-state index contributed by atoms with van der Waals surface area (Å²) >= 11 is 0. The molecule has 0 aromatic heterocycles. The zero-order chi connectivity index (χ0) is 22.2. The Labute approximate surface area is 189 Å². The molecule has 1 aromatic rings. The van der Waals surface area contributed by atoms with Crippen LogP contribution < -0.4 is 10.6 Å². The third-order valence-electron chi connectivity index (χ3n) is 7.99. The molecule has 0 bridgehead atoms. The fourth-order valence-electron chi connectivity index (χ4n) is 6.23. The van der Waals surface area contributed by atoms with Crippen molar-refractivity contribution in [2.24, 2.45) is 5.92 Å². The Morgan fingerprint density at radius 1 is 1.03 bits per heavy atom. The number of nitrogens with one attached hydrogen (secondary N) is 2. The number of rotatable bonds is 4. The van der Waals surface area contributed by atoms with E-state index in [4.69, 9.17) is 0 Å². The Morgan fingerprint density at radius 3 is 2.62 bits per heavy atom. The van der Waals surface area contributed by atoms with Crippen LogP contribution in [0.15, 0.2) is 18.2 Å². The smallest absolute Gasteiger partial charge is 0.255 e. The van der Waals surface area contributed by atoms with Gasteiger partial charge in [-0.15, -0.1) is 0 Å². The van der Waals surface area contributed by atoms with Crippen molar-refractivity contribution in [2.45, 2.75) is 83.1 Å². The van der Waals surface area contributed by atoms with Crippen molar-refractivity contribution in [3.8, 4) is 0 Å². The van der Waals surface area contributed by atoms with Gasteiger partial charge in [0, 0.05) is 37.2 Å². The Morgan fingerprint density at radius 2 is 1.84 bits per heavy atom. The molecule has 0 saturated carbocycles. The van der Waals surface area contributed by atoms with Crippen LogP contribution in [0.4, 0.5) is 0 Å². The molecule has 1 aromatic carbocycles. The first kappa shape index (κ1) is 21.6. The molecule has 7 nitrogen and oxygen atoms in total. The molecule has 4 aliphatic rings. The second-order valence-electron chi connectivity index (χ2n) is 10.00. The van der Waals surface area contributed by atoms with E-state index >= 15 is 0 Å². The highest BCUT2D eigenvalue weighted by Gasteiger charge is 2.39. The first-order valence-corrected chi connectivity index (χ1v) is 12.2. The molecule has 4 heterocycles. The number of fused-ring (bicyclic) bond motifs is 1. The average molecular weight is 439 g/mol. The molecule has 0 aliphatic carbocycles. The maximum absolute atomic E-state index is 13.0. The fraction of sp³-hybridized carbons (Fsp3) is 0.640. The Bertz CT molecular complexity index is 910. The number of amides is 3. The molecule has 1 unspecified atom stereocenters. The van der Waals surface area contributed by atoms with Crippen molar-refractivity contribution in [1.29, 1.82) is 0 Å². The van der Waals surface area contributed by atoms with Crippen LogP contribution in [0, 0.1) is 5.92 Å². The summed E-state index contributed by atoms with van der Waals surface area (Å²) in [5.41, 5.74) is 2.94. The highest BCUT2D eigenvalue weighted by Crippen LogP contribution is 2.34. The van der Waals surface area contributed by atoms with Gasteiger partial charge in [0.15, 0.2) is 0 Å². The van der Waals surface area contributed by atoms with Crippen LogP contribution in [0.25, 0.3) is 0 Å². The number of carbonyl (C=O) groups excluding carboxylic acids is 3. The summed E-state index contributed by atoms with van der Waals surface area (Å²) in [5, 5.41) is 5.87. The quantitative estimate of drug-likeness (QED) is 0.705. The molecular weight excluding hydrogens is 404 g/mol. The van der Waals surface area contributed by atoms with Crippen molar-refractivity contribution >= 4 is 17.7 Å². The molecule has 4 aliphatic heterocycles. The van der Waals surface area contributed by atoms with Gasteiger partial charge >= 0.3 is 0 Å². The van der Waals surface area contributed by atoms with E-state index in [0.717, 1.165) is 31.1 Å². The maximum Gasteiger partial charge on any atom is 0.255 e. The van der Waals surface area contributed by atoms with E-state index in [1.54, 1.807) is 4.90 Å². The minimum Gasteiger partial charge on any atom is -0.322 e. The van der Waals surface area contributed by atoms with Gasteiger partial charge in [-0.1, -0.05) is 18.6 Å². The van der Waals surface area contributed by atoms with Gasteiger partial charge < -0.3 is 10.2 Å². The van der Waals surface area contributed by atoms with Gasteiger partial charge in [-0.3, -0.25) is 24.6 Å². The molecule has 3 fully saturated rings. The monoisotopic (exact) mass is 438 g/mol. The predicted octanol–water partition coefficient (Wildman–Crippen LogP) is 2.19. The van der Waals surface area contributed by atoms with Gasteiger partial charge in [0.25, 0.3) is 5.91 Å². The van der Waals surface area contributed by atoms with E-state index in [9.17, 15) is 14.4 Å². The summed E-state index contributed by atoms with van der Waals surface area (Å²) in [7, 11) is 0. The highest BCUT2D eigenvalue weighted by atomic mass is 16.2. The van der Waals surface area contributed by atoms with E-state index in [-0.39, 0.29) is 24.1 Å². The lowest BCUT2D eigenvalue weighted by molar-refractivity contribution is -0.136. The van der Waals surface area contributed by atoms with E-state index in [1.165, 1.54) is 37.7 Å². The molecule has 3 amide bonds. The van der Waals surface area contributed by atoms with Crippen LogP contribution in [0.2, 0.25) is 0 Å². The normalized spacial score (nSPS) is 29.8. The van der Waals surface area contributed by atoms with Crippen molar-refractivity contribution < 1.29 is 14.4 Å². The summed E-state index contributed by atoms with van der Waals surface area (Å²) in [4.78, 5) is 41.1. The standard InChI is InChI=1S/C25H34N4O3/c1-16-3-2-4-21(18-9-11-26-12-10-18)28(16)14-17-5-6-20-19(13-17)15-29(25(20)32)22-7-8-23(30)27-24(22)31/h5-6,13,16,18,21-22,26H,2-4,7-12,14-15H2,1H3,(H,27,30,31)/t16-,21-,22?/m1/s1. The van der Waals surface area contributed by atoms with Crippen LogP contribution in [-0.2, 0) is 22.7 Å². The number of benzene rings is 1. The first-order chi connectivity index (χ1) is 15.5. The second kappa shape index (κ2) is 8.94. The molecule has 5 rings (SSSR count). The maximum atomic E-state index is 13.0. The topological polar surface area (TPSA) is 81.8 Å². The van der Waals surface area contributed by atoms with Gasteiger partial charge in [0.05, 0.1) is 0 Å². The van der Waals surface area contributed by atoms with Crippen molar-refractivity contribution in [3.05, 3.63) is 34.9 Å². The van der Waals surface area contributed by atoms with E-state index in [0.29, 0.717) is 30.6 Å². The summed E-state index contributed by atoms with van der Waals surface area (Å²) in [5.74, 6) is 0.0595. The van der Waals surface area contributed by atoms with E-state index < -0.39 is 6.04 Å². The molecule has 0 spiro atoms. The number of hydrogen-bond acceptors (Lipinski definition) is 5. The molecule has 3 atom stereocenters. The first-order valence-electron chi connectivity index (χ1n) is 12.2. The second-order valence-corrected chi connectivity index (χ2v) is 10.00. The van der Waals surface area contributed by atoms with Gasteiger partial charge in [-0.25, -0.2) is 0 Å². The van der Waals surface area contributed by atoms with Crippen LogP contribution in [0.1, 0.15) is 73.4 Å². The number of piperidine rings is 3. The summed E-state index contributed by atoms with van der Waals surface area (Å²) in [6, 6.07) is 6.84. The Kier molecular flexibility index (Phi) is 6.03. The molecule has 3 saturated heterocycles. The zero-order valence-electron chi connectivity index (χ0n) is 18.9. The average Bonchev–Trinajstić information content (AvgIpc) is 3.11. The fourth-order valence-corrected chi connectivity index (χ4v) is 6.23. The number of likely N-dealkylation sites (tertiary alicyclic amines) is 1. The van der Waals surface area contributed by atoms with Gasteiger partial charge in [0.2, 0.25) is 11.8 Å². The predicted molar refractivity (Wildman–Crippen MR) is 121 cm³/mol. The molecule has 172 valence electrons. The third-order valence-corrected chi connectivity index (χ3v) is 7.99. The Hall–Kier alpha value is -2.25. The van der Waals surface area contributed by atoms with Gasteiger partial charge in [-0.2, -0.15) is 0 Å². The minimum absolute atomic E-state index is 0.0972. The number of carbonyl (C=O) groups is 3. The summed E-state index contributed by atoms with van der Waals surface area (Å²) in [6.45, 7) is 5.97. The molecule has 7 heteroatoms. The zero-order valence-corrected chi connectivity index (χ0v) is 18.9. The number of imide groups is 1. The lowest BCUT2D eigenvalue weighted by atomic mass is 9.82. The van der Waals surface area contributed by atoms with Crippen LogP contribution >= 0.6 is 0 Å². The minimum atomic E-state index is -0.553. The molecule has 0 radical (unpaired) electrons. The van der Waals surface area contributed by atoms with Crippen LogP contribution in [0.5, 0.6) is 0 Å². The summed E-state index contributed by atoms with van der Waals surface area (Å²) < 4.78 is 0. The van der Waals surface area contributed by atoms with Gasteiger partial charge in [0.1, 0.15) is 6.04 Å². The highest BCUT2D eigenvalue weighted by molar-refractivity contribution is 6.05. The van der Waals surface area contributed by atoms with Crippen molar-refractivity contribution in [1.82, 2.24) is 20.4 Å². The van der Waals surface area contributed by atoms with Crippen molar-refractivity contribution in [3.63, 3.8) is 0 Å².